The van der Waals surface area contributed by atoms with Gasteiger partial charge in [-0.3, -0.25) is 4.79 Å². The van der Waals surface area contributed by atoms with Crippen LogP contribution >= 0.6 is 0 Å². The molecule has 1 atom stereocenters. The van der Waals surface area contributed by atoms with Gasteiger partial charge in [-0.05, 0) is 12.5 Å². The van der Waals surface area contributed by atoms with Crippen molar-refractivity contribution in [3.8, 4) is 5.88 Å². The Balaban J connectivity index is 1.56. The second-order valence-electron chi connectivity index (χ2n) is 6.23. The summed E-state index contributed by atoms with van der Waals surface area (Å²) in [4.78, 5) is 18.0. The van der Waals surface area contributed by atoms with Crippen molar-refractivity contribution in [1.29, 1.82) is 0 Å². The first-order valence-electron chi connectivity index (χ1n) is 7.57. The van der Waals surface area contributed by atoms with Crippen molar-refractivity contribution in [2.75, 3.05) is 26.3 Å². The fourth-order valence-corrected chi connectivity index (χ4v) is 3.11. The SMILES string of the molecule is CC(C)C(=O)N1CC2(C1)OCC[C@@H]2COc1ccccn1. The van der Waals surface area contributed by atoms with Crippen molar-refractivity contribution in [3.63, 3.8) is 0 Å². The van der Waals surface area contributed by atoms with Gasteiger partial charge >= 0.3 is 0 Å². The second-order valence-corrected chi connectivity index (χ2v) is 6.23. The van der Waals surface area contributed by atoms with Crippen LogP contribution in [0.1, 0.15) is 20.3 Å². The maximum atomic E-state index is 12.0. The largest absolute Gasteiger partial charge is 0.477 e. The molecule has 0 unspecified atom stereocenters. The van der Waals surface area contributed by atoms with Gasteiger partial charge in [0.1, 0.15) is 5.60 Å². The number of ether oxygens (including phenoxy) is 2. The van der Waals surface area contributed by atoms with E-state index >= 15 is 0 Å². The fourth-order valence-electron chi connectivity index (χ4n) is 3.11. The fraction of sp³-hybridized carbons (Fsp3) is 0.625. The summed E-state index contributed by atoms with van der Waals surface area (Å²) in [6, 6.07) is 5.64. The molecule has 0 aromatic carbocycles. The van der Waals surface area contributed by atoms with Crippen molar-refractivity contribution >= 4 is 5.91 Å². The lowest BCUT2D eigenvalue weighted by atomic mass is 9.80. The number of nitrogens with zero attached hydrogens (tertiary/aromatic N) is 2. The Bertz CT molecular complexity index is 498. The summed E-state index contributed by atoms with van der Waals surface area (Å²) in [6.07, 6.45) is 2.71. The van der Waals surface area contributed by atoms with E-state index in [-0.39, 0.29) is 17.4 Å². The Morgan fingerprint density at radius 3 is 3.00 bits per heavy atom. The number of pyridine rings is 1. The number of carbonyl (C=O) groups is 1. The number of carbonyl (C=O) groups excluding carboxylic acids is 1. The van der Waals surface area contributed by atoms with E-state index in [1.54, 1.807) is 6.20 Å². The van der Waals surface area contributed by atoms with Crippen LogP contribution in [0, 0.1) is 11.8 Å². The molecule has 1 spiro atoms. The molecule has 3 heterocycles. The standard InChI is InChI=1S/C16H22N2O3/c1-12(2)15(19)18-10-16(11-18)13(6-8-21-16)9-20-14-5-3-4-7-17-14/h3-5,7,12-13H,6,8-11H2,1-2H3/t13-/m1/s1. The van der Waals surface area contributed by atoms with E-state index in [0.29, 0.717) is 31.5 Å². The normalized spacial score (nSPS) is 23.4. The van der Waals surface area contributed by atoms with Crippen LogP contribution in [0.3, 0.4) is 0 Å². The van der Waals surface area contributed by atoms with Crippen molar-refractivity contribution in [2.24, 2.45) is 11.8 Å². The molecule has 2 aliphatic heterocycles. The molecule has 0 radical (unpaired) electrons. The predicted molar refractivity (Wildman–Crippen MR) is 77.9 cm³/mol. The van der Waals surface area contributed by atoms with Crippen LogP contribution < -0.4 is 4.74 Å². The molecule has 2 fully saturated rings. The van der Waals surface area contributed by atoms with Crippen molar-refractivity contribution in [1.82, 2.24) is 9.88 Å². The third-order valence-corrected chi connectivity index (χ3v) is 4.39. The molecule has 2 saturated heterocycles. The Morgan fingerprint density at radius 2 is 2.33 bits per heavy atom. The van der Waals surface area contributed by atoms with E-state index in [9.17, 15) is 4.79 Å². The molecule has 5 nitrogen and oxygen atoms in total. The summed E-state index contributed by atoms with van der Waals surface area (Å²) in [5.74, 6) is 1.23. The van der Waals surface area contributed by atoms with Gasteiger partial charge in [0, 0.05) is 30.7 Å². The van der Waals surface area contributed by atoms with E-state index in [1.807, 2.05) is 36.9 Å². The number of amides is 1. The van der Waals surface area contributed by atoms with Gasteiger partial charge in [-0.2, -0.15) is 0 Å². The van der Waals surface area contributed by atoms with Crippen LogP contribution in [0.15, 0.2) is 24.4 Å². The highest BCUT2D eigenvalue weighted by molar-refractivity contribution is 5.79. The minimum absolute atomic E-state index is 0.0481. The highest BCUT2D eigenvalue weighted by Gasteiger charge is 2.54. The number of hydrogen-bond donors (Lipinski definition) is 0. The number of hydrogen-bond acceptors (Lipinski definition) is 4. The number of rotatable bonds is 4. The molecule has 1 aromatic heterocycles. The van der Waals surface area contributed by atoms with E-state index in [2.05, 4.69) is 4.98 Å². The zero-order valence-corrected chi connectivity index (χ0v) is 12.6. The zero-order chi connectivity index (χ0) is 14.9. The highest BCUT2D eigenvalue weighted by Crippen LogP contribution is 2.40. The average molecular weight is 290 g/mol. The van der Waals surface area contributed by atoms with Crippen molar-refractivity contribution in [2.45, 2.75) is 25.9 Å². The molecule has 0 saturated carbocycles. The summed E-state index contributed by atoms with van der Waals surface area (Å²) in [6.45, 7) is 6.61. The van der Waals surface area contributed by atoms with E-state index < -0.39 is 0 Å². The number of aromatic nitrogens is 1. The molecule has 1 aromatic rings. The van der Waals surface area contributed by atoms with Gasteiger partial charge in [0.2, 0.25) is 11.8 Å². The molecule has 21 heavy (non-hydrogen) atoms. The minimum Gasteiger partial charge on any atom is -0.477 e. The molecule has 5 heteroatoms. The summed E-state index contributed by atoms with van der Waals surface area (Å²) in [7, 11) is 0. The molecular weight excluding hydrogens is 268 g/mol. The summed E-state index contributed by atoms with van der Waals surface area (Å²) >= 11 is 0. The van der Waals surface area contributed by atoms with E-state index in [1.165, 1.54) is 0 Å². The Kier molecular flexibility index (Phi) is 3.85. The van der Waals surface area contributed by atoms with Crippen molar-refractivity contribution < 1.29 is 14.3 Å². The van der Waals surface area contributed by atoms with Gasteiger partial charge in [0.05, 0.1) is 19.7 Å². The maximum absolute atomic E-state index is 12.0. The van der Waals surface area contributed by atoms with Gasteiger partial charge < -0.3 is 14.4 Å². The van der Waals surface area contributed by atoms with Crippen LogP contribution in [0.4, 0.5) is 0 Å². The molecule has 0 aliphatic carbocycles. The molecule has 0 N–H and O–H groups in total. The molecular formula is C16H22N2O3. The first kappa shape index (κ1) is 14.3. The lowest BCUT2D eigenvalue weighted by Crippen LogP contribution is -2.67. The molecule has 2 aliphatic rings. The minimum atomic E-state index is -0.195. The Labute approximate surface area is 125 Å². The highest BCUT2D eigenvalue weighted by atomic mass is 16.5. The molecule has 3 rings (SSSR count). The van der Waals surface area contributed by atoms with Crippen LogP contribution in [0.25, 0.3) is 0 Å². The van der Waals surface area contributed by atoms with Gasteiger partial charge in [0.25, 0.3) is 0 Å². The average Bonchev–Trinajstić information content (AvgIpc) is 2.87. The maximum Gasteiger partial charge on any atom is 0.225 e. The van der Waals surface area contributed by atoms with Crippen LogP contribution in [-0.4, -0.2) is 47.7 Å². The zero-order valence-electron chi connectivity index (χ0n) is 12.6. The number of likely N-dealkylation sites (tertiary alicyclic amines) is 1. The smallest absolute Gasteiger partial charge is 0.225 e. The Hall–Kier alpha value is -1.62. The molecule has 1 amide bonds. The van der Waals surface area contributed by atoms with Crippen LogP contribution in [-0.2, 0) is 9.53 Å². The van der Waals surface area contributed by atoms with Gasteiger partial charge in [-0.1, -0.05) is 19.9 Å². The second kappa shape index (κ2) is 5.64. The lowest BCUT2D eigenvalue weighted by Gasteiger charge is -2.50. The first-order valence-corrected chi connectivity index (χ1v) is 7.57. The third-order valence-electron chi connectivity index (χ3n) is 4.39. The molecule has 0 bridgehead atoms. The van der Waals surface area contributed by atoms with Gasteiger partial charge in [0.15, 0.2) is 0 Å². The Morgan fingerprint density at radius 1 is 1.52 bits per heavy atom. The van der Waals surface area contributed by atoms with Crippen molar-refractivity contribution in [3.05, 3.63) is 24.4 Å². The quantitative estimate of drug-likeness (QED) is 0.847. The summed E-state index contributed by atoms with van der Waals surface area (Å²) in [5.41, 5.74) is -0.195. The van der Waals surface area contributed by atoms with E-state index in [4.69, 9.17) is 9.47 Å². The first-order chi connectivity index (χ1) is 10.1. The van der Waals surface area contributed by atoms with Gasteiger partial charge in [-0.15, -0.1) is 0 Å². The third kappa shape index (κ3) is 2.75. The topological polar surface area (TPSA) is 51.7 Å². The van der Waals surface area contributed by atoms with Crippen LogP contribution in [0.5, 0.6) is 5.88 Å². The summed E-state index contributed by atoms with van der Waals surface area (Å²) < 4.78 is 11.7. The molecule has 114 valence electrons. The predicted octanol–water partition coefficient (Wildman–Crippen LogP) is 1.73. The van der Waals surface area contributed by atoms with Crippen LogP contribution in [0.2, 0.25) is 0 Å². The van der Waals surface area contributed by atoms with E-state index in [0.717, 1.165) is 13.0 Å². The van der Waals surface area contributed by atoms with Gasteiger partial charge in [-0.25, -0.2) is 4.98 Å². The monoisotopic (exact) mass is 290 g/mol. The summed E-state index contributed by atoms with van der Waals surface area (Å²) in [5, 5.41) is 0. The lowest BCUT2D eigenvalue weighted by molar-refractivity contribution is -0.169.